The predicted octanol–water partition coefficient (Wildman–Crippen LogP) is 3.54. The Morgan fingerprint density at radius 1 is 1.20 bits per heavy atom. The van der Waals surface area contributed by atoms with Crippen LogP contribution in [0.4, 0.5) is 4.39 Å². The molecule has 20 heavy (non-hydrogen) atoms. The summed E-state index contributed by atoms with van der Waals surface area (Å²) in [4.78, 5) is 0. The Morgan fingerprint density at radius 3 is 2.70 bits per heavy atom. The zero-order valence-corrected chi connectivity index (χ0v) is 12.4. The molecule has 1 heterocycles. The molecule has 1 aromatic carbocycles. The van der Waals surface area contributed by atoms with Gasteiger partial charge in [0.1, 0.15) is 17.7 Å². The number of nitrogens with one attached hydrogen (secondary N) is 1. The molecule has 3 unspecified atom stereocenters. The van der Waals surface area contributed by atoms with Crippen molar-refractivity contribution >= 4 is 0 Å². The van der Waals surface area contributed by atoms with Crippen LogP contribution in [0.3, 0.4) is 0 Å². The van der Waals surface area contributed by atoms with E-state index >= 15 is 0 Å². The van der Waals surface area contributed by atoms with Crippen LogP contribution >= 0.6 is 0 Å². The van der Waals surface area contributed by atoms with Crippen LogP contribution in [0.1, 0.15) is 38.7 Å². The number of hydrogen-bond donors (Lipinski definition) is 1. The maximum absolute atomic E-state index is 13.2. The van der Waals surface area contributed by atoms with E-state index in [9.17, 15) is 4.39 Å². The van der Waals surface area contributed by atoms with Crippen molar-refractivity contribution in [1.82, 2.24) is 5.32 Å². The van der Waals surface area contributed by atoms with Gasteiger partial charge in [-0.25, -0.2) is 4.39 Å². The summed E-state index contributed by atoms with van der Waals surface area (Å²) in [7, 11) is 0. The summed E-state index contributed by atoms with van der Waals surface area (Å²) in [6, 6.07) is 5.42. The van der Waals surface area contributed by atoms with Crippen LogP contribution in [-0.4, -0.2) is 18.7 Å². The highest BCUT2D eigenvalue weighted by Crippen LogP contribution is 2.30. The summed E-state index contributed by atoms with van der Waals surface area (Å²) in [6.45, 7) is 5.55. The molecule has 1 aliphatic carbocycles. The topological polar surface area (TPSA) is 21.3 Å². The van der Waals surface area contributed by atoms with E-state index in [0.29, 0.717) is 6.04 Å². The summed E-state index contributed by atoms with van der Waals surface area (Å²) in [5, 5.41) is 3.66. The lowest BCUT2D eigenvalue weighted by atomic mass is 9.80. The smallest absolute Gasteiger partial charge is 0.123 e. The molecule has 0 radical (unpaired) electrons. The molecule has 110 valence electrons. The monoisotopic (exact) mass is 277 g/mol. The Hall–Kier alpha value is -1.09. The molecule has 2 nitrogen and oxygen atoms in total. The van der Waals surface area contributed by atoms with E-state index in [1.807, 2.05) is 0 Å². The van der Waals surface area contributed by atoms with Gasteiger partial charge >= 0.3 is 0 Å². The minimum Gasteiger partial charge on any atom is -0.488 e. The summed E-state index contributed by atoms with van der Waals surface area (Å²) >= 11 is 0. The van der Waals surface area contributed by atoms with Gasteiger partial charge in [-0.3, -0.25) is 0 Å². The molecular formula is C17H24FNO. The molecule has 2 aliphatic rings. The summed E-state index contributed by atoms with van der Waals surface area (Å²) < 4.78 is 19.1. The molecule has 3 heteroatoms. The third-order valence-corrected chi connectivity index (χ3v) is 4.58. The lowest BCUT2D eigenvalue weighted by Crippen LogP contribution is -2.41. The molecular weight excluding hydrogens is 253 g/mol. The van der Waals surface area contributed by atoms with Crippen LogP contribution in [0, 0.1) is 17.7 Å². The predicted molar refractivity (Wildman–Crippen MR) is 78.5 cm³/mol. The lowest BCUT2D eigenvalue weighted by molar-refractivity contribution is 0.191. The minimum absolute atomic E-state index is 0.152. The van der Waals surface area contributed by atoms with E-state index < -0.39 is 0 Å². The van der Waals surface area contributed by atoms with Crippen molar-refractivity contribution in [2.75, 3.05) is 6.54 Å². The van der Waals surface area contributed by atoms with E-state index in [0.717, 1.165) is 36.1 Å². The first kappa shape index (κ1) is 13.9. The Morgan fingerprint density at radius 2 is 1.95 bits per heavy atom. The SMILES string of the molecule is CC1CC(C)CC(NCC2Cc3cc(F)ccc3O2)C1. The van der Waals surface area contributed by atoms with E-state index in [-0.39, 0.29) is 11.9 Å². The van der Waals surface area contributed by atoms with Gasteiger partial charge in [0, 0.05) is 24.6 Å². The molecule has 1 aromatic rings. The van der Waals surface area contributed by atoms with Crippen molar-refractivity contribution in [3.63, 3.8) is 0 Å². The first-order valence-corrected chi connectivity index (χ1v) is 7.78. The van der Waals surface area contributed by atoms with Gasteiger partial charge in [-0.2, -0.15) is 0 Å². The molecule has 1 aliphatic heterocycles. The quantitative estimate of drug-likeness (QED) is 0.912. The van der Waals surface area contributed by atoms with Gasteiger partial charge in [0.25, 0.3) is 0 Å². The highest BCUT2D eigenvalue weighted by molar-refractivity contribution is 5.37. The largest absolute Gasteiger partial charge is 0.488 e. The van der Waals surface area contributed by atoms with E-state index in [4.69, 9.17) is 4.74 Å². The Kier molecular flexibility index (Phi) is 3.97. The third-order valence-electron chi connectivity index (χ3n) is 4.58. The van der Waals surface area contributed by atoms with E-state index in [1.54, 1.807) is 12.1 Å². The van der Waals surface area contributed by atoms with Crippen molar-refractivity contribution < 1.29 is 9.13 Å². The van der Waals surface area contributed by atoms with Crippen molar-refractivity contribution in [2.24, 2.45) is 11.8 Å². The van der Waals surface area contributed by atoms with Gasteiger partial charge in [0.05, 0.1) is 0 Å². The Labute approximate surface area is 120 Å². The molecule has 1 N–H and O–H groups in total. The second kappa shape index (κ2) is 5.72. The highest BCUT2D eigenvalue weighted by Gasteiger charge is 2.27. The van der Waals surface area contributed by atoms with Crippen LogP contribution in [0.25, 0.3) is 0 Å². The molecule has 1 fully saturated rings. The fraction of sp³-hybridized carbons (Fsp3) is 0.647. The van der Waals surface area contributed by atoms with Gasteiger partial charge < -0.3 is 10.1 Å². The molecule has 0 aromatic heterocycles. The first-order valence-electron chi connectivity index (χ1n) is 7.78. The van der Waals surface area contributed by atoms with Gasteiger partial charge in [-0.15, -0.1) is 0 Å². The van der Waals surface area contributed by atoms with Crippen LogP contribution in [0.2, 0.25) is 0 Å². The number of rotatable bonds is 3. The zero-order valence-electron chi connectivity index (χ0n) is 12.4. The van der Waals surface area contributed by atoms with Gasteiger partial charge in [-0.05, 0) is 49.3 Å². The third kappa shape index (κ3) is 3.14. The molecule has 0 amide bonds. The Balaban J connectivity index is 1.51. The van der Waals surface area contributed by atoms with Crippen LogP contribution in [-0.2, 0) is 6.42 Å². The normalized spacial score (nSPS) is 32.8. The lowest BCUT2D eigenvalue weighted by Gasteiger charge is -2.32. The Bertz CT molecular complexity index is 466. The van der Waals surface area contributed by atoms with E-state index in [1.165, 1.54) is 25.3 Å². The van der Waals surface area contributed by atoms with Crippen LogP contribution < -0.4 is 10.1 Å². The van der Waals surface area contributed by atoms with Crippen LogP contribution in [0.15, 0.2) is 18.2 Å². The summed E-state index contributed by atoms with van der Waals surface area (Å²) in [5.41, 5.74) is 1.00. The number of hydrogen-bond acceptors (Lipinski definition) is 2. The van der Waals surface area contributed by atoms with Gasteiger partial charge in [0.2, 0.25) is 0 Å². The maximum Gasteiger partial charge on any atom is 0.123 e. The van der Waals surface area contributed by atoms with Gasteiger partial charge in [0.15, 0.2) is 0 Å². The molecule has 0 spiro atoms. The van der Waals surface area contributed by atoms with E-state index in [2.05, 4.69) is 19.2 Å². The van der Waals surface area contributed by atoms with Crippen molar-refractivity contribution in [3.8, 4) is 5.75 Å². The number of ether oxygens (including phenoxy) is 1. The minimum atomic E-state index is -0.170. The van der Waals surface area contributed by atoms with Crippen molar-refractivity contribution in [3.05, 3.63) is 29.6 Å². The molecule has 0 saturated heterocycles. The first-order chi connectivity index (χ1) is 9.60. The van der Waals surface area contributed by atoms with Crippen molar-refractivity contribution in [2.45, 2.75) is 51.7 Å². The van der Waals surface area contributed by atoms with Crippen LogP contribution in [0.5, 0.6) is 5.75 Å². The number of halogens is 1. The number of fused-ring (bicyclic) bond motifs is 1. The average molecular weight is 277 g/mol. The molecule has 1 saturated carbocycles. The fourth-order valence-electron chi connectivity index (χ4n) is 3.81. The number of benzene rings is 1. The summed E-state index contributed by atoms with van der Waals surface area (Å²) in [6.07, 6.45) is 4.84. The molecule has 0 bridgehead atoms. The fourth-order valence-corrected chi connectivity index (χ4v) is 3.81. The van der Waals surface area contributed by atoms with Crippen molar-refractivity contribution in [1.29, 1.82) is 0 Å². The second-order valence-corrected chi connectivity index (χ2v) is 6.72. The van der Waals surface area contributed by atoms with Gasteiger partial charge in [-0.1, -0.05) is 13.8 Å². The zero-order chi connectivity index (χ0) is 14.1. The maximum atomic E-state index is 13.2. The molecule has 3 rings (SSSR count). The average Bonchev–Trinajstić information content (AvgIpc) is 2.77. The highest BCUT2D eigenvalue weighted by atomic mass is 19.1. The molecule has 3 atom stereocenters. The second-order valence-electron chi connectivity index (χ2n) is 6.72. The summed E-state index contributed by atoms with van der Waals surface area (Å²) in [5.74, 6) is 2.30. The standard InChI is InChI=1S/C17H24FNO/c1-11-5-12(2)7-15(6-11)19-10-16-9-13-8-14(18)3-4-17(13)20-16/h3-4,8,11-12,15-16,19H,5-7,9-10H2,1-2H3.